The third kappa shape index (κ3) is 5.07. The Morgan fingerprint density at radius 2 is 2.12 bits per heavy atom. The predicted molar refractivity (Wildman–Crippen MR) is 73.2 cm³/mol. The highest BCUT2D eigenvalue weighted by atomic mass is 32.2. The van der Waals surface area contributed by atoms with Gasteiger partial charge in [-0.15, -0.1) is 0 Å². The largest absolute Gasteiger partial charge is 0.375 e. The summed E-state index contributed by atoms with van der Waals surface area (Å²) in [4.78, 5) is 0. The van der Waals surface area contributed by atoms with E-state index in [4.69, 9.17) is 4.74 Å². The van der Waals surface area contributed by atoms with Gasteiger partial charge in [0.05, 0.1) is 5.60 Å². The first kappa shape index (κ1) is 14.3. The van der Waals surface area contributed by atoms with Crippen LogP contribution in [0, 0.1) is 5.41 Å². The van der Waals surface area contributed by atoms with Crippen molar-refractivity contribution >= 4 is 11.8 Å². The molecule has 1 atom stereocenters. The summed E-state index contributed by atoms with van der Waals surface area (Å²) in [6.45, 7) is 12.8. The van der Waals surface area contributed by atoms with Gasteiger partial charge in [0, 0.05) is 24.9 Å². The summed E-state index contributed by atoms with van der Waals surface area (Å²) in [7, 11) is 0. The molecule has 0 aromatic heterocycles. The fourth-order valence-electron chi connectivity index (χ4n) is 2.23. The van der Waals surface area contributed by atoms with E-state index in [0.717, 1.165) is 13.2 Å². The highest BCUT2D eigenvalue weighted by molar-refractivity contribution is 7.99. The Kier molecular flexibility index (Phi) is 5.14. The summed E-state index contributed by atoms with van der Waals surface area (Å²) in [6.07, 6.45) is 1.28. The first-order valence-corrected chi connectivity index (χ1v) is 7.45. The van der Waals surface area contributed by atoms with Crippen LogP contribution in [0.25, 0.3) is 0 Å². The number of thioether (sulfide) groups is 1. The Labute approximate surface area is 105 Å². The molecule has 1 fully saturated rings. The van der Waals surface area contributed by atoms with Crippen molar-refractivity contribution in [1.29, 1.82) is 0 Å². The molecule has 1 N–H and O–H groups in total. The number of nitrogens with one attached hydrogen (secondary N) is 1. The van der Waals surface area contributed by atoms with Gasteiger partial charge in [0.25, 0.3) is 0 Å². The molecule has 1 unspecified atom stereocenters. The van der Waals surface area contributed by atoms with Crippen LogP contribution in [0.3, 0.4) is 0 Å². The number of hydrogen-bond donors (Lipinski definition) is 1. The average Bonchev–Trinajstić information content (AvgIpc) is 2.13. The molecule has 0 saturated carbocycles. The summed E-state index contributed by atoms with van der Waals surface area (Å²) in [5.41, 5.74) is 0.442. The summed E-state index contributed by atoms with van der Waals surface area (Å²) < 4.78 is 5.70. The zero-order valence-corrected chi connectivity index (χ0v) is 12.2. The molecule has 0 aliphatic carbocycles. The molecule has 1 heterocycles. The molecule has 0 aromatic rings. The molecule has 0 radical (unpaired) electrons. The second-order valence-electron chi connectivity index (χ2n) is 6.15. The lowest BCUT2D eigenvalue weighted by molar-refractivity contribution is -0.0109. The van der Waals surface area contributed by atoms with E-state index in [1.165, 1.54) is 17.9 Å². The van der Waals surface area contributed by atoms with Gasteiger partial charge in [0.15, 0.2) is 0 Å². The first-order valence-electron chi connectivity index (χ1n) is 6.30. The Morgan fingerprint density at radius 1 is 1.44 bits per heavy atom. The Balaban J connectivity index is 2.32. The maximum atomic E-state index is 5.70. The molecule has 2 nitrogen and oxygen atoms in total. The van der Waals surface area contributed by atoms with E-state index in [2.05, 4.69) is 51.7 Å². The summed E-state index contributed by atoms with van der Waals surface area (Å²) in [5, 5.41) is 3.66. The fourth-order valence-corrected chi connectivity index (χ4v) is 3.53. The Bertz CT molecular complexity index is 216. The second-order valence-corrected chi connectivity index (χ2v) is 7.18. The van der Waals surface area contributed by atoms with Crippen LogP contribution in [-0.4, -0.2) is 36.3 Å². The van der Waals surface area contributed by atoms with Crippen LogP contribution in [0.1, 0.15) is 41.0 Å². The standard InChI is InChI=1S/C13H27NOS/c1-6-15-13(4,5)9-14-11-7-12(2,3)10-16-8-11/h11,14H,6-10H2,1-5H3. The molecular weight excluding hydrogens is 218 g/mol. The minimum absolute atomic E-state index is 0.0407. The topological polar surface area (TPSA) is 21.3 Å². The van der Waals surface area contributed by atoms with Gasteiger partial charge in [0.1, 0.15) is 0 Å². The lowest BCUT2D eigenvalue weighted by Crippen LogP contribution is -2.46. The normalized spacial score (nSPS) is 25.7. The maximum absolute atomic E-state index is 5.70. The quantitative estimate of drug-likeness (QED) is 0.805. The lowest BCUT2D eigenvalue weighted by Gasteiger charge is -2.37. The van der Waals surface area contributed by atoms with Gasteiger partial charge in [-0.2, -0.15) is 11.8 Å². The van der Waals surface area contributed by atoms with Gasteiger partial charge in [-0.25, -0.2) is 0 Å². The molecular formula is C13H27NOS. The zero-order chi connectivity index (χ0) is 12.2. The molecule has 0 aromatic carbocycles. The third-order valence-corrected chi connectivity index (χ3v) is 4.59. The van der Waals surface area contributed by atoms with E-state index in [1.54, 1.807) is 0 Å². The monoisotopic (exact) mass is 245 g/mol. The summed E-state index contributed by atoms with van der Waals surface area (Å²) in [5.74, 6) is 2.53. The average molecular weight is 245 g/mol. The minimum atomic E-state index is -0.0407. The number of rotatable bonds is 5. The van der Waals surface area contributed by atoms with Crippen molar-refractivity contribution in [3.05, 3.63) is 0 Å². The van der Waals surface area contributed by atoms with Gasteiger partial charge in [0.2, 0.25) is 0 Å². The predicted octanol–water partition coefficient (Wildman–Crippen LogP) is 2.92. The highest BCUT2D eigenvalue weighted by Gasteiger charge is 2.29. The second kappa shape index (κ2) is 5.74. The first-order chi connectivity index (χ1) is 7.35. The third-order valence-electron chi connectivity index (χ3n) is 2.96. The van der Waals surface area contributed by atoms with Crippen molar-refractivity contribution in [1.82, 2.24) is 5.32 Å². The van der Waals surface area contributed by atoms with Crippen LogP contribution in [-0.2, 0) is 4.74 Å². The van der Waals surface area contributed by atoms with Crippen LogP contribution < -0.4 is 5.32 Å². The van der Waals surface area contributed by atoms with Crippen LogP contribution >= 0.6 is 11.8 Å². The smallest absolute Gasteiger partial charge is 0.0750 e. The summed E-state index contributed by atoms with van der Waals surface area (Å²) >= 11 is 2.07. The van der Waals surface area contributed by atoms with E-state index in [1.807, 2.05) is 0 Å². The van der Waals surface area contributed by atoms with E-state index in [0.29, 0.717) is 11.5 Å². The molecule has 16 heavy (non-hydrogen) atoms. The van der Waals surface area contributed by atoms with Crippen LogP contribution in [0.5, 0.6) is 0 Å². The molecule has 0 spiro atoms. The van der Waals surface area contributed by atoms with Gasteiger partial charge in [-0.3, -0.25) is 0 Å². The van der Waals surface area contributed by atoms with Crippen molar-refractivity contribution in [2.45, 2.75) is 52.7 Å². The van der Waals surface area contributed by atoms with Crippen LogP contribution in [0.15, 0.2) is 0 Å². The van der Waals surface area contributed by atoms with E-state index in [9.17, 15) is 0 Å². The minimum Gasteiger partial charge on any atom is -0.375 e. The van der Waals surface area contributed by atoms with Crippen molar-refractivity contribution < 1.29 is 4.74 Å². The molecule has 1 saturated heterocycles. The highest BCUT2D eigenvalue weighted by Crippen LogP contribution is 2.33. The molecule has 3 heteroatoms. The van der Waals surface area contributed by atoms with Crippen molar-refractivity contribution in [2.75, 3.05) is 24.7 Å². The van der Waals surface area contributed by atoms with E-state index in [-0.39, 0.29) is 5.60 Å². The Hall–Kier alpha value is 0.270. The fraction of sp³-hybridized carbons (Fsp3) is 1.00. The van der Waals surface area contributed by atoms with Crippen molar-refractivity contribution in [2.24, 2.45) is 5.41 Å². The Morgan fingerprint density at radius 3 is 2.69 bits per heavy atom. The molecule has 1 aliphatic heterocycles. The molecule has 1 rings (SSSR count). The SMILES string of the molecule is CCOC(C)(C)CNC1CSCC(C)(C)C1. The van der Waals surface area contributed by atoms with Crippen LogP contribution in [0.4, 0.5) is 0 Å². The zero-order valence-electron chi connectivity index (χ0n) is 11.4. The van der Waals surface area contributed by atoms with Crippen molar-refractivity contribution in [3.63, 3.8) is 0 Å². The molecule has 1 aliphatic rings. The summed E-state index contributed by atoms with van der Waals surface area (Å²) in [6, 6.07) is 0.647. The number of hydrogen-bond acceptors (Lipinski definition) is 3. The molecule has 0 amide bonds. The van der Waals surface area contributed by atoms with Crippen molar-refractivity contribution in [3.8, 4) is 0 Å². The molecule has 0 bridgehead atoms. The maximum Gasteiger partial charge on any atom is 0.0750 e. The van der Waals surface area contributed by atoms with Gasteiger partial charge < -0.3 is 10.1 Å². The van der Waals surface area contributed by atoms with Crippen LogP contribution in [0.2, 0.25) is 0 Å². The van der Waals surface area contributed by atoms with Gasteiger partial charge in [-0.1, -0.05) is 13.8 Å². The van der Waals surface area contributed by atoms with Gasteiger partial charge in [-0.05, 0) is 38.4 Å². The number of ether oxygens (including phenoxy) is 1. The van der Waals surface area contributed by atoms with E-state index < -0.39 is 0 Å². The van der Waals surface area contributed by atoms with E-state index >= 15 is 0 Å². The van der Waals surface area contributed by atoms with Gasteiger partial charge >= 0.3 is 0 Å². The lowest BCUT2D eigenvalue weighted by atomic mass is 9.87. The molecule has 96 valence electrons.